The molecule has 57 heavy (non-hydrogen) atoms. The molecule has 1 heterocycles. The van der Waals surface area contributed by atoms with Crippen LogP contribution in [-0.2, 0) is 0 Å². The quantitative estimate of drug-likeness (QED) is 0.165. The molecule has 0 spiro atoms. The van der Waals surface area contributed by atoms with Crippen LogP contribution in [0.5, 0.6) is 0 Å². The summed E-state index contributed by atoms with van der Waals surface area (Å²) in [6, 6.07) is 75.6. The average molecular weight is 723 g/mol. The Morgan fingerprint density at radius 3 is 1.33 bits per heavy atom. The Kier molecular flexibility index (Phi) is 7.00. The highest BCUT2D eigenvalue weighted by molar-refractivity contribution is 6.23. The normalized spacial score (nSPS) is 11.9. The smallest absolute Gasteiger partial charge is 0.136 e. The van der Waals surface area contributed by atoms with E-state index in [1.165, 1.54) is 98.4 Å². The van der Waals surface area contributed by atoms with Crippen LogP contribution in [0.3, 0.4) is 0 Å². The molecule has 0 aliphatic heterocycles. The minimum absolute atomic E-state index is 0.901. The van der Waals surface area contributed by atoms with Gasteiger partial charge in [0.15, 0.2) is 0 Å². The topological polar surface area (TPSA) is 13.1 Å². The molecule has 0 fully saturated rings. The Balaban J connectivity index is 1.13. The fourth-order valence-electron chi connectivity index (χ4n) is 9.19. The molecule has 1 aromatic heterocycles. The van der Waals surface area contributed by atoms with Crippen molar-refractivity contribution in [2.75, 3.05) is 0 Å². The van der Waals surface area contributed by atoms with Crippen molar-refractivity contribution in [2.24, 2.45) is 0 Å². The zero-order valence-electron chi connectivity index (χ0n) is 31.0. The first kappa shape index (κ1) is 31.8. The minimum atomic E-state index is 0.901. The van der Waals surface area contributed by atoms with Gasteiger partial charge in [-0.25, -0.2) is 0 Å². The Hall–Kier alpha value is -7.48. The molecule has 12 aromatic rings. The van der Waals surface area contributed by atoms with Gasteiger partial charge in [-0.05, 0) is 147 Å². The number of hydrogen-bond acceptors (Lipinski definition) is 1. The monoisotopic (exact) mass is 722 g/mol. The second kappa shape index (κ2) is 12.5. The van der Waals surface area contributed by atoms with Gasteiger partial charge in [0.1, 0.15) is 11.2 Å². The molecule has 0 amide bonds. The summed E-state index contributed by atoms with van der Waals surface area (Å²) in [4.78, 5) is 0. The summed E-state index contributed by atoms with van der Waals surface area (Å²) in [7, 11) is 0. The lowest BCUT2D eigenvalue weighted by molar-refractivity contribution is 0.669. The standard InChI is InChI=1S/C56H34O/c1-3-12-37-28-42(22-20-35(37)10-1)39-16-9-17-45(30-39)56-48-19-8-7-18-47(48)55(49-26-24-44(32-52(49)56)43-23-21-36-11-2-4-13-38(36)29-43)46-25-27-53-50(33-46)51-31-40-14-5-6-15-41(40)34-54(51)57-53/h1-34H. The third-order valence-corrected chi connectivity index (χ3v) is 12.0. The van der Waals surface area contributed by atoms with Gasteiger partial charge in [-0.2, -0.15) is 0 Å². The molecule has 12 rings (SSSR count). The minimum Gasteiger partial charge on any atom is -0.456 e. The van der Waals surface area contributed by atoms with Crippen LogP contribution < -0.4 is 0 Å². The molecule has 0 saturated carbocycles. The lowest BCUT2D eigenvalue weighted by Crippen LogP contribution is -1.92. The van der Waals surface area contributed by atoms with Crippen molar-refractivity contribution in [3.63, 3.8) is 0 Å². The van der Waals surface area contributed by atoms with Crippen molar-refractivity contribution in [2.45, 2.75) is 0 Å². The first-order valence-corrected chi connectivity index (χ1v) is 19.6. The number of fused-ring (bicyclic) bond motifs is 8. The van der Waals surface area contributed by atoms with Crippen molar-refractivity contribution >= 4 is 75.8 Å². The van der Waals surface area contributed by atoms with Crippen molar-refractivity contribution in [1.29, 1.82) is 0 Å². The van der Waals surface area contributed by atoms with Crippen LogP contribution in [0.4, 0.5) is 0 Å². The molecule has 0 N–H and O–H groups in total. The van der Waals surface area contributed by atoms with E-state index >= 15 is 0 Å². The summed E-state index contributed by atoms with van der Waals surface area (Å²) in [5.74, 6) is 0. The van der Waals surface area contributed by atoms with Crippen LogP contribution in [0.1, 0.15) is 0 Å². The molecule has 1 nitrogen and oxygen atoms in total. The maximum absolute atomic E-state index is 6.47. The van der Waals surface area contributed by atoms with Crippen molar-refractivity contribution in [3.8, 4) is 44.5 Å². The molecular formula is C56H34O. The lowest BCUT2D eigenvalue weighted by Gasteiger charge is -2.19. The van der Waals surface area contributed by atoms with Gasteiger partial charge in [0, 0.05) is 10.8 Å². The number of rotatable bonds is 4. The largest absolute Gasteiger partial charge is 0.456 e. The molecule has 1 heteroatoms. The summed E-state index contributed by atoms with van der Waals surface area (Å²) in [6.07, 6.45) is 0. The van der Waals surface area contributed by atoms with Crippen LogP contribution >= 0.6 is 0 Å². The van der Waals surface area contributed by atoms with E-state index in [1.54, 1.807) is 0 Å². The predicted molar refractivity (Wildman–Crippen MR) is 243 cm³/mol. The average Bonchev–Trinajstić information content (AvgIpc) is 3.63. The Bertz CT molecular complexity index is 3580. The third kappa shape index (κ3) is 5.17. The highest BCUT2D eigenvalue weighted by Gasteiger charge is 2.20. The highest BCUT2D eigenvalue weighted by Crippen LogP contribution is 2.47. The molecule has 0 bridgehead atoms. The molecule has 0 aliphatic rings. The predicted octanol–water partition coefficient (Wildman–Crippen LogP) is 16.0. The molecule has 0 unspecified atom stereocenters. The molecule has 0 aliphatic carbocycles. The molecule has 0 saturated heterocycles. The van der Waals surface area contributed by atoms with Gasteiger partial charge in [-0.1, -0.05) is 158 Å². The summed E-state index contributed by atoms with van der Waals surface area (Å²) in [6.45, 7) is 0. The molecule has 264 valence electrons. The van der Waals surface area contributed by atoms with Gasteiger partial charge in [-0.3, -0.25) is 0 Å². The zero-order chi connectivity index (χ0) is 37.5. The maximum Gasteiger partial charge on any atom is 0.136 e. The molecule has 0 atom stereocenters. The second-order valence-corrected chi connectivity index (χ2v) is 15.3. The Labute approximate surface area is 329 Å². The Morgan fingerprint density at radius 1 is 0.211 bits per heavy atom. The van der Waals surface area contributed by atoms with E-state index < -0.39 is 0 Å². The van der Waals surface area contributed by atoms with Gasteiger partial charge >= 0.3 is 0 Å². The van der Waals surface area contributed by atoms with E-state index in [2.05, 4.69) is 206 Å². The van der Waals surface area contributed by atoms with Gasteiger partial charge in [-0.15, -0.1) is 0 Å². The summed E-state index contributed by atoms with van der Waals surface area (Å²) >= 11 is 0. The molecular weight excluding hydrogens is 689 g/mol. The first-order valence-electron chi connectivity index (χ1n) is 19.6. The van der Waals surface area contributed by atoms with E-state index in [9.17, 15) is 0 Å². The van der Waals surface area contributed by atoms with Crippen LogP contribution in [-0.4, -0.2) is 0 Å². The highest BCUT2D eigenvalue weighted by atomic mass is 16.3. The second-order valence-electron chi connectivity index (χ2n) is 15.3. The van der Waals surface area contributed by atoms with E-state index in [0.29, 0.717) is 0 Å². The van der Waals surface area contributed by atoms with Crippen LogP contribution in [0, 0.1) is 0 Å². The van der Waals surface area contributed by atoms with Crippen molar-refractivity contribution in [1.82, 2.24) is 0 Å². The molecule has 0 radical (unpaired) electrons. The Morgan fingerprint density at radius 2 is 0.649 bits per heavy atom. The van der Waals surface area contributed by atoms with E-state index in [4.69, 9.17) is 4.42 Å². The van der Waals surface area contributed by atoms with E-state index in [0.717, 1.165) is 21.9 Å². The van der Waals surface area contributed by atoms with Gasteiger partial charge in [0.2, 0.25) is 0 Å². The number of benzene rings is 11. The van der Waals surface area contributed by atoms with Crippen LogP contribution in [0.25, 0.3) is 120 Å². The van der Waals surface area contributed by atoms with Crippen LogP contribution in [0.15, 0.2) is 211 Å². The van der Waals surface area contributed by atoms with E-state index in [-0.39, 0.29) is 0 Å². The van der Waals surface area contributed by atoms with Gasteiger partial charge in [0.05, 0.1) is 0 Å². The van der Waals surface area contributed by atoms with Gasteiger partial charge < -0.3 is 4.42 Å². The van der Waals surface area contributed by atoms with Crippen molar-refractivity contribution in [3.05, 3.63) is 206 Å². The zero-order valence-corrected chi connectivity index (χ0v) is 31.0. The number of furan rings is 1. The summed E-state index contributed by atoms with van der Waals surface area (Å²) in [5, 5.41) is 14.6. The molecule has 11 aromatic carbocycles. The van der Waals surface area contributed by atoms with Crippen molar-refractivity contribution < 1.29 is 4.42 Å². The lowest BCUT2D eigenvalue weighted by atomic mass is 9.84. The van der Waals surface area contributed by atoms with Crippen LogP contribution in [0.2, 0.25) is 0 Å². The third-order valence-electron chi connectivity index (χ3n) is 12.0. The van der Waals surface area contributed by atoms with Gasteiger partial charge in [0.25, 0.3) is 0 Å². The fourth-order valence-corrected chi connectivity index (χ4v) is 9.19. The maximum atomic E-state index is 6.47. The first-order chi connectivity index (χ1) is 28.2. The van der Waals surface area contributed by atoms with E-state index in [1.807, 2.05) is 0 Å². The SMILES string of the molecule is c1cc(-c2ccc3ccccc3c2)cc(-c2c3ccccc3c(-c3ccc4oc5cc6ccccc6cc5c4c3)c3ccc(-c4ccc5ccccc5c4)cc23)c1. The number of hydrogen-bond donors (Lipinski definition) is 0. The fraction of sp³-hybridized carbons (Fsp3) is 0. The summed E-state index contributed by atoms with van der Waals surface area (Å²) < 4.78 is 6.47. The summed E-state index contributed by atoms with van der Waals surface area (Å²) in [5.41, 5.74) is 11.5.